The largest absolute Gasteiger partial charge is 0.469 e. The van der Waals surface area contributed by atoms with Crippen molar-refractivity contribution in [3.05, 3.63) is 48.0 Å². The predicted octanol–water partition coefficient (Wildman–Crippen LogP) is 2.85. The molecule has 0 bridgehead atoms. The summed E-state index contributed by atoms with van der Waals surface area (Å²) < 4.78 is 4.70. The number of carbonyl (C=O) groups is 1. The zero-order valence-electron chi connectivity index (χ0n) is 11.2. The number of nitrogens with one attached hydrogen (secondary N) is 1. The van der Waals surface area contributed by atoms with Crippen LogP contribution in [-0.2, 0) is 9.53 Å². The number of carbonyl (C=O) groups excluding carboxylic acids is 1. The van der Waals surface area contributed by atoms with Crippen LogP contribution in [0.2, 0.25) is 0 Å². The zero-order chi connectivity index (χ0) is 13.4. The molecule has 0 heterocycles. The molecule has 0 radical (unpaired) electrons. The number of hydrogen-bond donors (Lipinski definition) is 1. The summed E-state index contributed by atoms with van der Waals surface area (Å²) in [4.78, 5) is 11.3. The van der Waals surface area contributed by atoms with Gasteiger partial charge in [0.15, 0.2) is 0 Å². The van der Waals surface area contributed by atoms with Crippen LogP contribution in [0.25, 0.3) is 0 Å². The van der Waals surface area contributed by atoms with E-state index in [9.17, 15) is 4.79 Å². The summed E-state index contributed by atoms with van der Waals surface area (Å²) in [6, 6.07) is 10.4. The molecule has 3 nitrogen and oxygen atoms in total. The molecule has 1 unspecified atom stereocenters. The van der Waals surface area contributed by atoms with Gasteiger partial charge in [0, 0.05) is 12.1 Å². The zero-order valence-corrected chi connectivity index (χ0v) is 11.2. The van der Waals surface area contributed by atoms with Crippen molar-refractivity contribution in [2.75, 3.05) is 7.11 Å². The second-order valence-electron chi connectivity index (χ2n) is 4.21. The van der Waals surface area contributed by atoms with Crippen LogP contribution in [0.4, 0.5) is 0 Å². The predicted molar refractivity (Wildman–Crippen MR) is 73.2 cm³/mol. The molecule has 0 aliphatic carbocycles. The number of benzene rings is 1. The van der Waals surface area contributed by atoms with Crippen LogP contribution >= 0.6 is 0 Å². The highest BCUT2D eigenvalue weighted by Gasteiger charge is 2.14. The third-order valence-electron chi connectivity index (χ3n) is 2.80. The Morgan fingerprint density at radius 2 is 2.06 bits per heavy atom. The smallest absolute Gasteiger partial charge is 0.307 e. The molecule has 1 aromatic carbocycles. The van der Waals surface area contributed by atoms with Crippen molar-refractivity contribution in [3.63, 3.8) is 0 Å². The maximum atomic E-state index is 11.3. The summed E-state index contributed by atoms with van der Waals surface area (Å²) in [5.74, 6) is -0.203. The van der Waals surface area contributed by atoms with E-state index >= 15 is 0 Å². The van der Waals surface area contributed by atoms with Gasteiger partial charge in [-0.15, -0.1) is 0 Å². The molecule has 98 valence electrons. The lowest BCUT2D eigenvalue weighted by molar-refractivity contribution is -0.140. The molecular formula is C15H21NO2. The molecule has 0 aliphatic heterocycles. The maximum Gasteiger partial charge on any atom is 0.307 e. The molecule has 0 saturated heterocycles. The molecule has 2 atom stereocenters. The first kappa shape index (κ1) is 14.5. The van der Waals surface area contributed by atoms with E-state index in [-0.39, 0.29) is 18.1 Å². The lowest BCUT2D eigenvalue weighted by atomic mass is 10.1. The molecule has 3 heteroatoms. The fraction of sp³-hybridized carbons (Fsp3) is 0.400. The minimum atomic E-state index is -0.203. The van der Waals surface area contributed by atoms with Gasteiger partial charge >= 0.3 is 5.97 Å². The number of methoxy groups -OCH3 is 1. The molecule has 18 heavy (non-hydrogen) atoms. The molecule has 1 rings (SSSR count). The first-order valence-corrected chi connectivity index (χ1v) is 6.18. The fourth-order valence-electron chi connectivity index (χ4n) is 1.84. The summed E-state index contributed by atoms with van der Waals surface area (Å²) in [7, 11) is 1.41. The van der Waals surface area contributed by atoms with Crippen LogP contribution in [0.1, 0.15) is 31.9 Å². The van der Waals surface area contributed by atoms with Crippen molar-refractivity contribution in [1.29, 1.82) is 0 Å². The second kappa shape index (κ2) is 7.67. The molecular weight excluding hydrogens is 226 g/mol. The molecule has 0 aliphatic rings. The Morgan fingerprint density at radius 1 is 1.39 bits per heavy atom. The van der Waals surface area contributed by atoms with E-state index in [1.165, 1.54) is 12.7 Å². The SMILES string of the molecule is CC=C[C@@H](CC(=O)OC)NC(C)c1ccccc1. The van der Waals surface area contributed by atoms with Crippen LogP contribution in [-0.4, -0.2) is 19.1 Å². The van der Waals surface area contributed by atoms with Gasteiger partial charge in [0.05, 0.1) is 13.5 Å². The van der Waals surface area contributed by atoms with Crippen LogP contribution in [0.5, 0.6) is 0 Å². The van der Waals surface area contributed by atoms with Crippen LogP contribution in [0.3, 0.4) is 0 Å². The molecule has 0 saturated carbocycles. The van der Waals surface area contributed by atoms with Gasteiger partial charge in [0.2, 0.25) is 0 Å². The minimum Gasteiger partial charge on any atom is -0.469 e. The third-order valence-corrected chi connectivity index (χ3v) is 2.80. The van der Waals surface area contributed by atoms with Gasteiger partial charge in [0.1, 0.15) is 0 Å². The third kappa shape index (κ3) is 4.72. The Morgan fingerprint density at radius 3 is 2.61 bits per heavy atom. The van der Waals surface area contributed by atoms with Crippen molar-refractivity contribution in [2.45, 2.75) is 32.4 Å². The van der Waals surface area contributed by atoms with Gasteiger partial charge in [-0.2, -0.15) is 0 Å². The van der Waals surface area contributed by atoms with E-state index < -0.39 is 0 Å². The quantitative estimate of drug-likeness (QED) is 0.620. The van der Waals surface area contributed by atoms with Gasteiger partial charge in [0.25, 0.3) is 0 Å². The number of rotatable bonds is 6. The number of allylic oxidation sites excluding steroid dienone is 1. The van der Waals surface area contributed by atoms with Crippen molar-refractivity contribution in [2.24, 2.45) is 0 Å². The van der Waals surface area contributed by atoms with E-state index in [0.717, 1.165) is 0 Å². The average molecular weight is 247 g/mol. The van der Waals surface area contributed by atoms with Gasteiger partial charge < -0.3 is 10.1 Å². The monoisotopic (exact) mass is 247 g/mol. The van der Waals surface area contributed by atoms with Gasteiger partial charge in [-0.25, -0.2) is 0 Å². The summed E-state index contributed by atoms with van der Waals surface area (Å²) >= 11 is 0. The highest BCUT2D eigenvalue weighted by molar-refractivity contribution is 5.70. The summed E-state index contributed by atoms with van der Waals surface area (Å²) in [6.45, 7) is 4.03. The Bertz CT molecular complexity index is 387. The van der Waals surface area contributed by atoms with Crippen molar-refractivity contribution >= 4 is 5.97 Å². The van der Waals surface area contributed by atoms with Crippen molar-refractivity contribution < 1.29 is 9.53 Å². The highest BCUT2D eigenvalue weighted by Crippen LogP contribution is 2.13. The number of esters is 1. The van der Waals surface area contributed by atoms with Crippen molar-refractivity contribution in [3.8, 4) is 0 Å². The van der Waals surface area contributed by atoms with Crippen LogP contribution in [0, 0.1) is 0 Å². The molecule has 0 aromatic heterocycles. The van der Waals surface area contributed by atoms with Gasteiger partial charge in [-0.1, -0.05) is 42.5 Å². The van der Waals surface area contributed by atoms with Crippen molar-refractivity contribution in [1.82, 2.24) is 5.32 Å². The van der Waals surface area contributed by atoms with E-state index in [1.807, 2.05) is 37.3 Å². The van der Waals surface area contributed by atoms with Crippen LogP contribution in [0.15, 0.2) is 42.5 Å². The Labute approximate surface area is 109 Å². The van der Waals surface area contributed by atoms with Gasteiger partial charge in [-0.05, 0) is 19.4 Å². The lowest BCUT2D eigenvalue weighted by Gasteiger charge is -2.20. The Kier molecular flexibility index (Phi) is 6.15. The maximum absolute atomic E-state index is 11.3. The number of ether oxygens (including phenoxy) is 1. The van der Waals surface area contributed by atoms with E-state index in [2.05, 4.69) is 24.4 Å². The standard InChI is InChI=1S/C15H21NO2/c1-4-8-14(11-15(17)18-3)16-12(2)13-9-6-5-7-10-13/h4-10,12,14,16H,11H2,1-3H3/t12?,14-/m0/s1. The molecule has 0 spiro atoms. The molecule has 0 fully saturated rings. The van der Waals surface area contributed by atoms with Crippen LogP contribution < -0.4 is 5.32 Å². The lowest BCUT2D eigenvalue weighted by Crippen LogP contribution is -2.32. The summed E-state index contributed by atoms with van der Waals surface area (Å²) in [6.07, 6.45) is 4.27. The molecule has 0 amide bonds. The average Bonchev–Trinajstić information content (AvgIpc) is 2.39. The highest BCUT2D eigenvalue weighted by atomic mass is 16.5. The fourth-order valence-corrected chi connectivity index (χ4v) is 1.84. The summed E-state index contributed by atoms with van der Waals surface area (Å²) in [5.41, 5.74) is 1.21. The first-order chi connectivity index (χ1) is 8.67. The first-order valence-electron chi connectivity index (χ1n) is 6.18. The molecule has 1 N–H and O–H groups in total. The van der Waals surface area contributed by atoms with Gasteiger partial charge in [-0.3, -0.25) is 4.79 Å². The van der Waals surface area contributed by atoms with E-state index in [0.29, 0.717) is 6.42 Å². The second-order valence-corrected chi connectivity index (χ2v) is 4.21. The Hall–Kier alpha value is -1.61. The normalized spacial score (nSPS) is 14.4. The Balaban J connectivity index is 2.63. The topological polar surface area (TPSA) is 38.3 Å². The van der Waals surface area contributed by atoms with E-state index in [4.69, 9.17) is 4.74 Å². The number of hydrogen-bond acceptors (Lipinski definition) is 3. The minimum absolute atomic E-state index is 0.00217. The summed E-state index contributed by atoms with van der Waals surface area (Å²) in [5, 5.41) is 3.41. The molecule has 1 aromatic rings. The van der Waals surface area contributed by atoms with E-state index in [1.54, 1.807) is 0 Å².